The molecule has 0 aliphatic heterocycles. The van der Waals surface area contributed by atoms with Gasteiger partial charge in [0.25, 0.3) is 5.91 Å². The van der Waals surface area contributed by atoms with E-state index >= 15 is 0 Å². The van der Waals surface area contributed by atoms with Crippen LogP contribution in [0.4, 0.5) is 0 Å². The molecule has 2 unspecified atom stereocenters. The lowest BCUT2D eigenvalue weighted by molar-refractivity contribution is -0.126. The number of likely N-dealkylation sites (N-methyl/N-ethyl adjacent to an activating group) is 1. The maximum atomic E-state index is 11.6. The summed E-state index contributed by atoms with van der Waals surface area (Å²) >= 11 is 1.75. The molecule has 1 amide bonds. The van der Waals surface area contributed by atoms with Crippen molar-refractivity contribution in [3.05, 3.63) is 22.4 Å². The minimum absolute atomic E-state index is 0.118. The summed E-state index contributed by atoms with van der Waals surface area (Å²) in [4.78, 5) is 15.0. The first-order valence-electron chi connectivity index (χ1n) is 5.84. The lowest BCUT2D eigenvalue weighted by Gasteiger charge is -2.31. The van der Waals surface area contributed by atoms with Crippen molar-refractivity contribution in [3.63, 3.8) is 0 Å². The Kier molecular flexibility index (Phi) is 5.61. The van der Waals surface area contributed by atoms with E-state index < -0.39 is 0 Å². The monoisotopic (exact) mass is 255 g/mol. The van der Waals surface area contributed by atoms with E-state index in [1.54, 1.807) is 11.3 Å². The van der Waals surface area contributed by atoms with Crippen LogP contribution in [-0.4, -0.2) is 29.9 Å². The van der Waals surface area contributed by atoms with Crippen molar-refractivity contribution in [1.82, 2.24) is 10.3 Å². The van der Waals surface area contributed by atoms with Crippen LogP contribution in [0.1, 0.15) is 25.1 Å². The maximum absolute atomic E-state index is 11.6. The Bertz CT molecular complexity index is 340. The van der Waals surface area contributed by atoms with Gasteiger partial charge in [-0.3, -0.25) is 15.1 Å². The third-order valence-corrected chi connectivity index (χ3v) is 3.99. The van der Waals surface area contributed by atoms with Gasteiger partial charge in [-0.25, -0.2) is 5.84 Å². The van der Waals surface area contributed by atoms with Gasteiger partial charge in [-0.2, -0.15) is 0 Å². The molecule has 0 saturated heterocycles. The van der Waals surface area contributed by atoms with E-state index in [4.69, 9.17) is 5.84 Å². The van der Waals surface area contributed by atoms with Gasteiger partial charge in [0.2, 0.25) is 0 Å². The molecule has 3 N–H and O–H groups in total. The van der Waals surface area contributed by atoms with E-state index in [1.807, 2.05) is 14.0 Å². The largest absolute Gasteiger partial charge is 0.293 e. The topological polar surface area (TPSA) is 58.4 Å². The normalized spacial score (nSPS) is 14.6. The van der Waals surface area contributed by atoms with Gasteiger partial charge in [0.1, 0.15) is 0 Å². The summed E-state index contributed by atoms with van der Waals surface area (Å²) in [6.07, 6.45) is 1.72. The van der Waals surface area contributed by atoms with Gasteiger partial charge in [0, 0.05) is 10.9 Å². The number of nitrogens with one attached hydrogen (secondary N) is 1. The van der Waals surface area contributed by atoms with Gasteiger partial charge in [0.15, 0.2) is 0 Å². The van der Waals surface area contributed by atoms with Crippen LogP contribution in [0.5, 0.6) is 0 Å². The molecule has 0 aromatic carbocycles. The molecule has 17 heavy (non-hydrogen) atoms. The molecule has 0 radical (unpaired) electrons. The highest BCUT2D eigenvalue weighted by Gasteiger charge is 2.24. The smallest absolute Gasteiger partial charge is 0.251 e. The molecule has 0 saturated carbocycles. The third-order valence-electron chi connectivity index (χ3n) is 3.10. The van der Waals surface area contributed by atoms with E-state index in [0.717, 1.165) is 12.8 Å². The Labute approximate surface area is 107 Å². The van der Waals surface area contributed by atoms with Crippen LogP contribution in [0, 0.1) is 0 Å². The number of hydrogen-bond acceptors (Lipinski definition) is 4. The number of thiophene rings is 1. The summed E-state index contributed by atoms with van der Waals surface area (Å²) in [6.45, 7) is 4.13. The van der Waals surface area contributed by atoms with Gasteiger partial charge in [-0.15, -0.1) is 11.3 Å². The fourth-order valence-electron chi connectivity index (χ4n) is 1.93. The zero-order valence-corrected chi connectivity index (χ0v) is 11.5. The number of hydrogen-bond donors (Lipinski definition) is 2. The molecule has 1 aromatic rings. The summed E-state index contributed by atoms with van der Waals surface area (Å²) < 4.78 is 0. The van der Waals surface area contributed by atoms with E-state index in [2.05, 4.69) is 34.8 Å². The molecule has 96 valence electrons. The van der Waals surface area contributed by atoms with Crippen molar-refractivity contribution in [3.8, 4) is 0 Å². The van der Waals surface area contributed by atoms with Crippen LogP contribution in [0.25, 0.3) is 0 Å². The molecule has 0 aliphatic carbocycles. The first kappa shape index (κ1) is 14.2. The average Bonchev–Trinajstić information content (AvgIpc) is 2.82. The summed E-state index contributed by atoms with van der Waals surface area (Å²) in [5.74, 6) is 5.08. The van der Waals surface area contributed by atoms with Crippen molar-refractivity contribution in [2.75, 3.05) is 7.05 Å². The van der Waals surface area contributed by atoms with Crippen molar-refractivity contribution in [1.29, 1.82) is 0 Å². The fraction of sp³-hybridized carbons (Fsp3) is 0.583. The predicted molar refractivity (Wildman–Crippen MR) is 71.7 cm³/mol. The predicted octanol–water partition coefficient (Wildman–Crippen LogP) is 1.38. The Morgan fingerprint density at radius 3 is 2.82 bits per heavy atom. The standard InChI is InChI=1S/C12H21N3OS/c1-4-11(12(16)14-13)15(3)9(2)8-10-6-5-7-17-10/h5-7,9,11H,4,8,13H2,1-3H3,(H,14,16). The number of hydrazine groups is 1. The molecule has 1 rings (SSSR count). The van der Waals surface area contributed by atoms with Crippen molar-refractivity contribution < 1.29 is 4.79 Å². The molecule has 0 spiro atoms. The van der Waals surface area contributed by atoms with Gasteiger partial charge < -0.3 is 0 Å². The molecule has 0 aliphatic rings. The number of nitrogens with zero attached hydrogens (tertiary/aromatic N) is 1. The van der Waals surface area contributed by atoms with Crippen LogP contribution in [0.3, 0.4) is 0 Å². The van der Waals surface area contributed by atoms with Gasteiger partial charge in [-0.1, -0.05) is 13.0 Å². The Morgan fingerprint density at radius 2 is 2.35 bits per heavy atom. The molecule has 0 fully saturated rings. The van der Waals surface area contributed by atoms with Gasteiger partial charge in [-0.05, 0) is 38.3 Å². The molecular formula is C12H21N3OS. The third kappa shape index (κ3) is 3.80. The van der Waals surface area contributed by atoms with Crippen molar-refractivity contribution >= 4 is 17.2 Å². The average molecular weight is 255 g/mol. The van der Waals surface area contributed by atoms with Crippen molar-refractivity contribution in [2.24, 2.45) is 5.84 Å². The van der Waals surface area contributed by atoms with Gasteiger partial charge in [0.05, 0.1) is 6.04 Å². The van der Waals surface area contributed by atoms with Gasteiger partial charge >= 0.3 is 0 Å². The Morgan fingerprint density at radius 1 is 1.65 bits per heavy atom. The van der Waals surface area contributed by atoms with E-state index in [1.165, 1.54) is 4.88 Å². The fourth-order valence-corrected chi connectivity index (χ4v) is 2.75. The number of nitrogens with two attached hydrogens (primary N) is 1. The summed E-state index contributed by atoms with van der Waals surface area (Å²) in [7, 11) is 1.97. The number of carbonyl (C=O) groups excluding carboxylic acids is 1. The van der Waals surface area contributed by atoms with E-state index in [0.29, 0.717) is 6.04 Å². The van der Waals surface area contributed by atoms with E-state index in [-0.39, 0.29) is 11.9 Å². The Balaban J connectivity index is 2.60. The highest BCUT2D eigenvalue weighted by Crippen LogP contribution is 2.15. The molecule has 5 heteroatoms. The quantitative estimate of drug-likeness (QED) is 0.459. The second-order valence-corrected chi connectivity index (χ2v) is 5.26. The van der Waals surface area contributed by atoms with Crippen LogP contribution < -0.4 is 11.3 Å². The zero-order chi connectivity index (χ0) is 12.8. The first-order valence-corrected chi connectivity index (χ1v) is 6.72. The lowest BCUT2D eigenvalue weighted by atomic mass is 10.1. The molecule has 2 atom stereocenters. The second kappa shape index (κ2) is 6.74. The molecule has 1 aromatic heterocycles. The molecular weight excluding hydrogens is 234 g/mol. The minimum Gasteiger partial charge on any atom is -0.293 e. The molecule has 1 heterocycles. The Hall–Kier alpha value is -0.910. The lowest BCUT2D eigenvalue weighted by Crippen LogP contribution is -2.50. The minimum atomic E-state index is -0.157. The summed E-state index contributed by atoms with van der Waals surface area (Å²) in [5, 5.41) is 2.08. The molecule has 4 nitrogen and oxygen atoms in total. The summed E-state index contributed by atoms with van der Waals surface area (Å²) in [6, 6.07) is 4.33. The first-order chi connectivity index (χ1) is 8.10. The number of amides is 1. The molecule has 0 bridgehead atoms. The highest BCUT2D eigenvalue weighted by molar-refractivity contribution is 7.09. The second-order valence-electron chi connectivity index (χ2n) is 4.23. The number of rotatable bonds is 6. The summed E-state index contributed by atoms with van der Waals surface area (Å²) in [5.41, 5.74) is 2.23. The van der Waals surface area contributed by atoms with Crippen LogP contribution in [0.2, 0.25) is 0 Å². The van der Waals surface area contributed by atoms with Crippen LogP contribution >= 0.6 is 11.3 Å². The highest BCUT2D eigenvalue weighted by atomic mass is 32.1. The van der Waals surface area contributed by atoms with Crippen LogP contribution in [-0.2, 0) is 11.2 Å². The van der Waals surface area contributed by atoms with Crippen molar-refractivity contribution in [2.45, 2.75) is 38.8 Å². The zero-order valence-electron chi connectivity index (χ0n) is 10.6. The van der Waals surface area contributed by atoms with E-state index in [9.17, 15) is 4.79 Å². The SMILES string of the molecule is CCC(C(=O)NN)N(C)C(C)Cc1cccs1. The number of carbonyl (C=O) groups is 1. The maximum Gasteiger partial charge on any atom is 0.251 e. The van der Waals surface area contributed by atoms with Crippen LogP contribution in [0.15, 0.2) is 17.5 Å².